The number of hydrogen-bond acceptors (Lipinski definition) is 6. The van der Waals surface area contributed by atoms with Crippen molar-refractivity contribution in [1.82, 2.24) is 9.55 Å². The van der Waals surface area contributed by atoms with Gasteiger partial charge >= 0.3 is 0 Å². The second kappa shape index (κ2) is 9.09. The van der Waals surface area contributed by atoms with Crippen LogP contribution in [0.25, 0.3) is 28.7 Å². The largest absolute Gasteiger partial charge is 0.491 e. The standard InChI is InChI=1S/C25H18ClN3O5/c26-17-4-1-16(2-5-17)3-12-24-27-23-13-19(29(31)32)8-11-22(23)25(30)28(24)18-6-9-20(10-7-18)33-14-21-15-34-21/h1-13,21H,14-15H2/b12-3+. The van der Waals surface area contributed by atoms with Gasteiger partial charge in [-0.15, -0.1) is 0 Å². The molecule has 8 nitrogen and oxygen atoms in total. The second-order valence-corrected chi connectivity index (χ2v) is 8.15. The normalized spacial score (nSPS) is 15.0. The van der Waals surface area contributed by atoms with Gasteiger partial charge in [-0.2, -0.15) is 0 Å². The number of benzene rings is 3. The van der Waals surface area contributed by atoms with E-state index in [0.29, 0.717) is 35.5 Å². The minimum atomic E-state index is -0.513. The van der Waals surface area contributed by atoms with E-state index in [1.165, 1.54) is 22.8 Å². The smallest absolute Gasteiger partial charge is 0.271 e. The van der Waals surface area contributed by atoms with E-state index in [4.69, 9.17) is 21.1 Å². The highest BCUT2D eigenvalue weighted by Gasteiger charge is 2.23. The van der Waals surface area contributed by atoms with Crippen LogP contribution in [-0.4, -0.2) is 33.8 Å². The van der Waals surface area contributed by atoms with Crippen molar-refractivity contribution in [3.05, 3.63) is 104 Å². The van der Waals surface area contributed by atoms with Gasteiger partial charge in [0.15, 0.2) is 0 Å². The van der Waals surface area contributed by atoms with Crippen molar-refractivity contribution in [2.45, 2.75) is 6.10 Å². The van der Waals surface area contributed by atoms with Gasteiger partial charge in [-0.3, -0.25) is 19.5 Å². The number of nitrogens with zero attached hydrogens (tertiary/aromatic N) is 3. The lowest BCUT2D eigenvalue weighted by molar-refractivity contribution is -0.384. The maximum Gasteiger partial charge on any atom is 0.271 e. The number of nitro benzene ring substituents is 1. The zero-order valence-corrected chi connectivity index (χ0v) is 18.5. The summed E-state index contributed by atoms with van der Waals surface area (Å²) in [7, 11) is 0. The van der Waals surface area contributed by atoms with E-state index in [1.54, 1.807) is 48.6 Å². The first-order chi connectivity index (χ1) is 16.5. The first-order valence-electron chi connectivity index (χ1n) is 10.5. The SMILES string of the molecule is O=c1c2ccc([N+](=O)[O-])cc2nc(/C=C/c2ccc(Cl)cc2)n1-c1ccc(OCC2CO2)cc1. The molecule has 0 amide bonds. The molecular weight excluding hydrogens is 458 g/mol. The van der Waals surface area contributed by atoms with Gasteiger partial charge in [0.1, 0.15) is 24.3 Å². The van der Waals surface area contributed by atoms with Crippen LogP contribution in [0.15, 0.2) is 71.5 Å². The van der Waals surface area contributed by atoms with Crippen molar-refractivity contribution in [2.75, 3.05) is 13.2 Å². The molecule has 4 aromatic rings. The van der Waals surface area contributed by atoms with Crippen LogP contribution in [0.3, 0.4) is 0 Å². The van der Waals surface area contributed by atoms with Crippen molar-refractivity contribution in [2.24, 2.45) is 0 Å². The number of aromatic nitrogens is 2. The summed E-state index contributed by atoms with van der Waals surface area (Å²) < 4.78 is 12.3. The third-order valence-corrected chi connectivity index (χ3v) is 5.57. The van der Waals surface area contributed by atoms with Gasteiger partial charge < -0.3 is 9.47 Å². The molecule has 1 aliphatic rings. The first-order valence-corrected chi connectivity index (χ1v) is 10.9. The Labute approximate surface area is 198 Å². The molecule has 1 aromatic heterocycles. The van der Waals surface area contributed by atoms with Crippen LogP contribution < -0.4 is 10.3 Å². The number of non-ortho nitro benzene ring substituents is 1. The molecule has 0 aliphatic carbocycles. The average Bonchev–Trinajstić information content (AvgIpc) is 3.67. The number of rotatable bonds is 7. The molecule has 0 radical (unpaired) electrons. The molecule has 1 unspecified atom stereocenters. The van der Waals surface area contributed by atoms with Gasteiger partial charge in [-0.1, -0.05) is 29.8 Å². The van der Waals surface area contributed by atoms with Gasteiger partial charge in [0.25, 0.3) is 11.2 Å². The molecule has 34 heavy (non-hydrogen) atoms. The topological polar surface area (TPSA) is 99.8 Å². The molecule has 0 N–H and O–H groups in total. The van der Waals surface area contributed by atoms with Crippen molar-refractivity contribution < 1.29 is 14.4 Å². The summed E-state index contributed by atoms with van der Waals surface area (Å²) in [5, 5.41) is 12.1. The number of hydrogen-bond donors (Lipinski definition) is 0. The second-order valence-electron chi connectivity index (χ2n) is 7.71. The Balaban J connectivity index is 1.60. The van der Waals surface area contributed by atoms with Crippen molar-refractivity contribution in [3.63, 3.8) is 0 Å². The van der Waals surface area contributed by atoms with Crippen LogP contribution in [0.5, 0.6) is 5.75 Å². The fourth-order valence-electron chi connectivity index (χ4n) is 3.46. The molecule has 5 rings (SSSR count). The zero-order valence-electron chi connectivity index (χ0n) is 17.8. The molecule has 2 heterocycles. The van der Waals surface area contributed by atoms with E-state index in [0.717, 1.165) is 5.56 Å². The van der Waals surface area contributed by atoms with Crippen molar-refractivity contribution in [1.29, 1.82) is 0 Å². The minimum Gasteiger partial charge on any atom is -0.491 e. The fraction of sp³-hybridized carbons (Fsp3) is 0.120. The molecule has 170 valence electrons. The first kappa shape index (κ1) is 21.8. The summed E-state index contributed by atoms with van der Waals surface area (Å²) in [6, 6.07) is 18.3. The van der Waals surface area contributed by atoms with Gasteiger partial charge in [0.05, 0.1) is 28.1 Å². The maximum absolute atomic E-state index is 13.4. The summed E-state index contributed by atoms with van der Waals surface area (Å²) in [6.45, 7) is 1.18. The van der Waals surface area contributed by atoms with Gasteiger partial charge in [-0.05, 0) is 54.1 Å². The van der Waals surface area contributed by atoms with Crippen LogP contribution in [0.4, 0.5) is 5.69 Å². The van der Waals surface area contributed by atoms with E-state index >= 15 is 0 Å². The lowest BCUT2D eigenvalue weighted by atomic mass is 10.2. The molecule has 0 bridgehead atoms. The third-order valence-electron chi connectivity index (χ3n) is 5.32. The van der Waals surface area contributed by atoms with E-state index in [-0.39, 0.29) is 28.3 Å². The lowest BCUT2D eigenvalue weighted by Gasteiger charge is -2.12. The molecule has 1 atom stereocenters. The molecule has 1 aliphatic heterocycles. The Hall–Kier alpha value is -4.01. The van der Waals surface area contributed by atoms with E-state index in [9.17, 15) is 14.9 Å². The van der Waals surface area contributed by atoms with Crippen molar-refractivity contribution in [3.8, 4) is 11.4 Å². The highest BCUT2D eigenvalue weighted by molar-refractivity contribution is 6.30. The predicted octanol–water partition coefficient (Wildman–Crippen LogP) is 4.90. The Kier molecular flexibility index (Phi) is 5.83. The van der Waals surface area contributed by atoms with E-state index < -0.39 is 4.92 Å². The Morgan fingerprint density at radius 2 is 1.85 bits per heavy atom. The zero-order chi connectivity index (χ0) is 23.7. The quantitative estimate of drug-likeness (QED) is 0.214. The predicted molar refractivity (Wildman–Crippen MR) is 130 cm³/mol. The lowest BCUT2D eigenvalue weighted by Crippen LogP contribution is -2.22. The average molecular weight is 476 g/mol. The molecule has 1 saturated heterocycles. The van der Waals surface area contributed by atoms with Crippen LogP contribution in [0.1, 0.15) is 11.4 Å². The number of ether oxygens (including phenoxy) is 2. The Morgan fingerprint density at radius 1 is 1.12 bits per heavy atom. The van der Waals surface area contributed by atoms with Crippen LogP contribution in [-0.2, 0) is 4.74 Å². The van der Waals surface area contributed by atoms with Gasteiger partial charge in [0, 0.05) is 17.2 Å². The van der Waals surface area contributed by atoms with E-state index in [2.05, 4.69) is 4.98 Å². The van der Waals surface area contributed by atoms with Crippen molar-refractivity contribution >= 4 is 40.3 Å². The van der Waals surface area contributed by atoms with Gasteiger partial charge in [-0.25, -0.2) is 4.98 Å². The third kappa shape index (κ3) is 4.68. The summed E-state index contributed by atoms with van der Waals surface area (Å²) in [4.78, 5) is 28.7. The summed E-state index contributed by atoms with van der Waals surface area (Å²) in [6.07, 6.45) is 3.63. The number of fused-ring (bicyclic) bond motifs is 1. The minimum absolute atomic E-state index is 0.133. The van der Waals surface area contributed by atoms with E-state index in [1.807, 2.05) is 12.1 Å². The summed E-state index contributed by atoms with van der Waals surface area (Å²) in [5.74, 6) is 0.989. The highest BCUT2D eigenvalue weighted by atomic mass is 35.5. The number of nitro groups is 1. The highest BCUT2D eigenvalue weighted by Crippen LogP contribution is 2.22. The molecule has 0 spiro atoms. The summed E-state index contributed by atoms with van der Waals surface area (Å²) in [5.41, 5.74) is 1.22. The molecule has 3 aromatic carbocycles. The molecule has 1 fully saturated rings. The molecule has 9 heteroatoms. The van der Waals surface area contributed by atoms with Crippen LogP contribution in [0, 0.1) is 10.1 Å². The Bertz CT molecular complexity index is 1460. The number of epoxide rings is 1. The van der Waals surface area contributed by atoms with Gasteiger partial charge in [0.2, 0.25) is 0 Å². The van der Waals surface area contributed by atoms with Crippen LogP contribution in [0.2, 0.25) is 5.02 Å². The number of halogens is 1. The monoisotopic (exact) mass is 475 g/mol. The Morgan fingerprint density at radius 3 is 2.53 bits per heavy atom. The fourth-order valence-corrected chi connectivity index (χ4v) is 3.58. The summed E-state index contributed by atoms with van der Waals surface area (Å²) >= 11 is 5.96. The van der Waals surface area contributed by atoms with Crippen LogP contribution >= 0.6 is 11.6 Å². The maximum atomic E-state index is 13.4. The molecular formula is C25H18ClN3O5. The molecule has 0 saturated carbocycles.